The molecular weight excluding hydrogens is 404 g/mol. The van der Waals surface area contributed by atoms with Crippen molar-refractivity contribution < 1.29 is 13.0 Å². The zero-order chi connectivity index (χ0) is 21.4. The fourth-order valence-corrected chi connectivity index (χ4v) is 4.79. The molecular formula is C22H16N2O5S. The Morgan fingerprint density at radius 1 is 0.800 bits per heavy atom. The molecule has 5 rings (SSSR count). The largest absolute Gasteiger partial charge is 0.354 e. The minimum Gasteiger partial charge on any atom is -0.354 e. The van der Waals surface area contributed by atoms with Crippen LogP contribution < -0.4 is 10.9 Å². The number of pyridine rings is 2. The van der Waals surface area contributed by atoms with E-state index in [9.17, 15) is 22.6 Å². The summed E-state index contributed by atoms with van der Waals surface area (Å²) >= 11 is 0. The van der Waals surface area contributed by atoms with Crippen LogP contribution in [0.25, 0.3) is 43.6 Å². The first-order valence-electron chi connectivity index (χ1n) is 9.19. The molecule has 0 radical (unpaired) electrons. The van der Waals surface area contributed by atoms with Gasteiger partial charge in [-0.25, -0.2) is 0 Å². The minimum absolute atomic E-state index is 0.00379. The lowest BCUT2D eigenvalue weighted by Crippen LogP contribution is -2.12. The first-order valence-corrected chi connectivity index (χ1v) is 10.6. The molecule has 0 aliphatic heterocycles. The summed E-state index contributed by atoms with van der Waals surface area (Å²) in [6.45, 7) is 3.68. The SMILES string of the molecule is Cc1ccc2c(=O)c3cc4[nH]c5c(S(=O)(=O)O)cccc5c(=O)c4c(C)c3[nH]c2c1. The molecule has 3 aromatic carbocycles. The van der Waals surface area contributed by atoms with E-state index in [1.165, 1.54) is 18.2 Å². The highest BCUT2D eigenvalue weighted by Gasteiger charge is 2.19. The number of aryl methyl sites for hydroxylation is 2. The Hall–Kier alpha value is -3.49. The van der Waals surface area contributed by atoms with Crippen LogP contribution in [0.1, 0.15) is 11.1 Å². The van der Waals surface area contributed by atoms with Crippen LogP contribution in [-0.4, -0.2) is 22.9 Å². The van der Waals surface area contributed by atoms with Gasteiger partial charge in [0.15, 0.2) is 10.9 Å². The molecule has 8 heteroatoms. The van der Waals surface area contributed by atoms with E-state index >= 15 is 0 Å². The number of fused-ring (bicyclic) bond motifs is 4. The summed E-state index contributed by atoms with van der Waals surface area (Å²) < 4.78 is 33.1. The number of rotatable bonds is 1. The summed E-state index contributed by atoms with van der Waals surface area (Å²) in [5, 5.41) is 1.40. The maximum absolute atomic E-state index is 13.2. The monoisotopic (exact) mass is 420 g/mol. The first kappa shape index (κ1) is 18.5. The van der Waals surface area contributed by atoms with E-state index in [-0.39, 0.29) is 26.7 Å². The number of hydrogen-bond acceptors (Lipinski definition) is 4. The van der Waals surface area contributed by atoms with Gasteiger partial charge in [0.1, 0.15) is 4.90 Å². The zero-order valence-corrected chi connectivity index (χ0v) is 16.8. The smallest absolute Gasteiger partial charge is 0.296 e. The summed E-state index contributed by atoms with van der Waals surface area (Å²) in [7, 11) is -4.55. The second-order valence-corrected chi connectivity index (χ2v) is 8.85. The van der Waals surface area contributed by atoms with Crippen LogP contribution in [0, 0.1) is 13.8 Å². The van der Waals surface area contributed by atoms with Gasteiger partial charge in [0.25, 0.3) is 10.1 Å². The second kappa shape index (κ2) is 6.01. The van der Waals surface area contributed by atoms with Gasteiger partial charge in [0.2, 0.25) is 0 Å². The van der Waals surface area contributed by atoms with Crippen LogP contribution in [0.2, 0.25) is 0 Å². The van der Waals surface area contributed by atoms with Gasteiger partial charge in [0.05, 0.1) is 27.5 Å². The summed E-state index contributed by atoms with van der Waals surface area (Å²) in [5.74, 6) is 0. The van der Waals surface area contributed by atoms with Gasteiger partial charge in [-0.3, -0.25) is 14.1 Å². The van der Waals surface area contributed by atoms with Gasteiger partial charge < -0.3 is 9.97 Å². The molecule has 30 heavy (non-hydrogen) atoms. The third kappa shape index (κ3) is 2.51. The van der Waals surface area contributed by atoms with E-state index in [1.807, 2.05) is 19.1 Å². The molecule has 0 fully saturated rings. The Morgan fingerprint density at radius 2 is 1.53 bits per heavy atom. The molecule has 150 valence electrons. The van der Waals surface area contributed by atoms with Crippen LogP contribution in [0.4, 0.5) is 0 Å². The highest BCUT2D eigenvalue weighted by molar-refractivity contribution is 7.86. The Kier molecular flexibility index (Phi) is 3.71. The molecule has 7 nitrogen and oxygen atoms in total. The van der Waals surface area contributed by atoms with Crippen molar-refractivity contribution in [2.75, 3.05) is 0 Å². The highest BCUT2D eigenvalue weighted by atomic mass is 32.2. The average molecular weight is 420 g/mol. The Labute approximate surface area is 169 Å². The minimum atomic E-state index is -4.55. The average Bonchev–Trinajstić information content (AvgIpc) is 2.68. The Balaban J connectivity index is 2.05. The van der Waals surface area contributed by atoms with Gasteiger partial charge in [0, 0.05) is 16.2 Å². The summed E-state index contributed by atoms with van der Waals surface area (Å²) in [6.07, 6.45) is 0. The van der Waals surface area contributed by atoms with Crippen molar-refractivity contribution in [3.63, 3.8) is 0 Å². The summed E-state index contributed by atoms with van der Waals surface area (Å²) in [6, 6.07) is 11.2. The second-order valence-electron chi connectivity index (χ2n) is 7.46. The van der Waals surface area contributed by atoms with Gasteiger partial charge in [-0.1, -0.05) is 12.1 Å². The molecule has 0 aliphatic carbocycles. The fourth-order valence-electron chi connectivity index (χ4n) is 4.12. The van der Waals surface area contributed by atoms with Gasteiger partial charge in [-0.05, 0) is 55.3 Å². The molecule has 0 unspecified atom stereocenters. The van der Waals surface area contributed by atoms with Crippen LogP contribution in [-0.2, 0) is 10.1 Å². The van der Waals surface area contributed by atoms with E-state index in [2.05, 4.69) is 9.97 Å². The number of H-pyrrole nitrogens is 2. The zero-order valence-electron chi connectivity index (χ0n) is 16.0. The van der Waals surface area contributed by atoms with E-state index in [4.69, 9.17) is 0 Å². The lowest BCUT2D eigenvalue weighted by Gasteiger charge is -2.11. The molecule has 0 amide bonds. The number of aromatic amines is 2. The number of nitrogens with one attached hydrogen (secondary N) is 2. The van der Waals surface area contributed by atoms with Crippen LogP contribution in [0.15, 0.2) is 56.9 Å². The van der Waals surface area contributed by atoms with Crippen molar-refractivity contribution in [3.05, 3.63) is 74.0 Å². The molecule has 0 saturated heterocycles. The molecule has 5 aromatic rings. The lowest BCUT2D eigenvalue weighted by atomic mass is 10.00. The molecule has 0 bridgehead atoms. The molecule has 2 aromatic heterocycles. The fraction of sp³-hybridized carbons (Fsp3) is 0.0909. The van der Waals surface area contributed by atoms with E-state index < -0.39 is 10.1 Å². The first-order chi connectivity index (χ1) is 14.2. The summed E-state index contributed by atoms with van der Waals surface area (Å²) in [4.78, 5) is 32.2. The van der Waals surface area contributed by atoms with Crippen molar-refractivity contribution >= 4 is 53.7 Å². The lowest BCUT2D eigenvalue weighted by molar-refractivity contribution is 0.484. The third-order valence-electron chi connectivity index (χ3n) is 5.54. The Morgan fingerprint density at radius 3 is 2.27 bits per heavy atom. The van der Waals surface area contributed by atoms with Gasteiger partial charge >= 0.3 is 0 Å². The number of para-hydroxylation sites is 1. The molecule has 0 spiro atoms. The Bertz CT molecular complexity index is 1780. The molecule has 0 aliphatic rings. The predicted molar refractivity (Wildman–Crippen MR) is 117 cm³/mol. The van der Waals surface area contributed by atoms with E-state index in [0.717, 1.165) is 5.56 Å². The van der Waals surface area contributed by atoms with Crippen LogP contribution in [0.3, 0.4) is 0 Å². The molecule has 0 saturated carbocycles. The maximum atomic E-state index is 13.2. The molecule has 2 heterocycles. The maximum Gasteiger partial charge on any atom is 0.296 e. The number of aromatic nitrogens is 2. The van der Waals surface area contributed by atoms with E-state index in [1.54, 1.807) is 19.1 Å². The van der Waals surface area contributed by atoms with Crippen molar-refractivity contribution in [2.24, 2.45) is 0 Å². The van der Waals surface area contributed by atoms with Crippen molar-refractivity contribution in [2.45, 2.75) is 18.7 Å². The van der Waals surface area contributed by atoms with Gasteiger partial charge in [-0.2, -0.15) is 8.42 Å². The quantitative estimate of drug-likeness (QED) is 0.283. The number of benzene rings is 3. The number of hydrogen-bond donors (Lipinski definition) is 3. The van der Waals surface area contributed by atoms with Crippen molar-refractivity contribution in [1.29, 1.82) is 0 Å². The highest BCUT2D eigenvalue weighted by Crippen LogP contribution is 2.27. The van der Waals surface area contributed by atoms with Crippen LogP contribution in [0.5, 0.6) is 0 Å². The van der Waals surface area contributed by atoms with Crippen molar-refractivity contribution in [1.82, 2.24) is 9.97 Å². The third-order valence-corrected chi connectivity index (χ3v) is 6.43. The summed E-state index contributed by atoms with van der Waals surface area (Å²) in [5.41, 5.74) is 2.58. The van der Waals surface area contributed by atoms with Gasteiger partial charge in [-0.15, -0.1) is 0 Å². The molecule has 0 atom stereocenters. The molecule has 3 N–H and O–H groups in total. The normalized spacial score (nSPS) is 12.4. The standard InChI is InChI=1S/C22H16N2O5S/c1-10-6-7-12-15(8-10)23-19-11(2)18-16(9-14(19)21(12)25)24-20-13(22(18)26)4-3-5-17(20)30(27,28)29/h3-9H,1-2H3,(H,23,25)(H,24,26)(H,27,28,29). The van der Waals surface area contributed by atoms with E-state index in [0.29, 0.717) is 38.3 Å². The van der Waals surface area contributed by atoms with Crippen molar-refractivity contribution in [3.8, 4) is 0 Å². The predicted octanol–water partition coefficient (Wildman–Crippen LogP) is 3.54. The topological polar surface area (TPSA) is 120 Å². The van der Waals surface area contributed by atoms with Crippen LogP contribution >= 0.6 is 0 Å².